The number of carbonyl (C=O) groups is 1. The van der Waals surface area contributed by atoms with E-state index in [2.05, 4.69) is 12.1 Å². The molecule has 0 aromatic heterocycles. The van der Waals surface area contributed by atoms with Crippen molar-refractivity contribution in [1.82, 2.24) is 4.90 Å². The van der Waals surface area contributed by atoms with Crippen molar-refractivity contribution in [3.8, 4) is 11.5 Å². The molecule has 0 radical (unpaired) electrons. The van der Waals surface area contributed by atoms with Gasteiger partial charge in [0.25, 0.3) is 0 Å². The second kappa shape index (κ2) is 4.91. The lowest BCUT2D eigenvalue weighted by Gasteiger charge is -2.56. The fourth-order valence-corrected chi connectivity index (χ4v) is 5.55. The highest BCUT2D eigenvalue weighted by molar-refractivity contribution is 5.70. The molecular formula is C19H21NO5. The minimum Gasteiger partial charge on any atom is -0.493 e. The molecule has 0 saturated carbocycles. The second-order valence-electron chi connectivity index (χ2n) is 7.30. The Balaban J connectivity index is 1.74. The number of amides is 1. The lowest BCUT2D eigenvalue weighted by molar-refractivity contribution is -0.0472. The Morgan fingerprint density at radius 2 is 2.20 bits per heavy atom. The standard InChI is InChI=1S/C19H21NO5/c1-23-14-6-3-10-9-12-11-4-5-13(21)17-19(11,15(10)16(14)25-17)7-8-20(12)18(22)24-2/h3-6,11-13,17,21H,7-9H2,1-2H3/t11-,12+,13+,17+,19-/m0/s1. The summed E-state index contributed by atoms with van der Waals surface area (Å²) in [6, 6.07) is 4.00. The molecule has 2 heterocycles. The summed E-state index contributed by atoms with van der Waals surface area (Å²) in [6.07, 6.45) is 4.09. The maximum absolute atomic E-state index is 12.3. The average molecular weight is 343 g/mol. The summed E-state index contributed by atoms with van der Waals surface area (Å²) in [4.78, 5) is 14.1. The maximum atomic E-state index is 12.3. The molecule has 5 atom stereocenters. The first-order valence-corrected chi connectivity index (χ1v) is 8.69. The number of benzene rings is 1. The van der Waals surface area contributed by atoms with Gasteiger partial charge in [0.1, 0.15) is 12.2 Å². The van der Waals surface area contributed by atoms with Gasteiger partial charge in [-0.25, -0.2) is 4.79 Å². The van der Waals surface area contributed by atoms with E-state index in [1.165, 1.54) is 18.2 Å². The lowest BCUT2D eigenvalue weighted by atomic mass is 9.53. The third-order valence-corrected chi connectivity index (χ3v) is 6.49. The molecule has 0 unspecified atom stereocenters. The smallest absolute Gasteiger partial charge is 0.409 e. The van der Waals surface area contributed by atoms with E-state index in [0.717, 1.165) is 18.6 Å². The Morgan fingerprint density at radius 3 is 2.96 bits per heavy atom. The van der Waals surface area contributed by atoms with Crippen molar-refractivity contribution in [1.29, 1.82) is 0 Å². The SMILES string of the molecule is COC(=O)N1CC[C@]23c4c5ccc(OC)c4O[C@@H]2[C@H](O)C=C[C@H]3[C@H]1C5. The number of likely N-dealkylation sites (tertiary alicyclic amines) is 1. The van der Waals surface area contributed by atoms with Crippen molar-refractivity contribution in [2.24, 2.45) is 5.92 Å². The van der Waals surface area contributed by atoms with Crippen molar-refractivity contribution in [3.05, 3.63) is 35.4 Å². The van der Waals surface area contributed by atoms with Gasteiger partial charge in [-0.2, -0.15) is 0 Å². The summed E-state index contributed by atoms with van der Waals surface area (Å²) < 4.78 is 16.8. The van der Waals surface area contributed by atoms with E-state index in [-0.39, 0.29) is 29.6 Å². The monoisotopic (exact) mass is 343 g/mol. The third-order valence-electron chi connectivity index (χ3n) is 6.49. The molecule has 1 saturated heterocycles. The number of methoxy groups -OCH3 is 2. The summed E-state index contributed by atoms with van der Waals surface area (Å²) >= 11 is 0. The Kier molecular flexibility index (Phi) is 2.96. The minimum atomic E-state index is -0.662. The second-order valence-corrected chi connectivity index (χ2v) is 7.30. The summed E-state index contributed by atoms with van der Waals surface area (Å²) in [5.41, 5.74) is 2.04. The van der Waals surface area contributed by atoms with Crippen LogP contribution in [0.2, 0.25) is 0 Å². The van der Waals surface area contributed by atoms with Crippen molar-refractivity contribution >= 4 is 6.09 Å². The predicted octanol–water partition coefficient (Wildman–Crippen LogP) is 1.64. The summed E-state index contributed by atoms with van der Waals surface area (Å²) in [7, 11) is 3.06. The van der Waals surface area contributed by atoms with Crippen LogP contribution in [0.25, 0.3) is 0 Å². The van der Waals surface area contributed by atoms with Crippen LogP contribution in [0.3, 0.4) is 0 Å². The Bertz CT molecular complexity index is 790. The number of aliphatic hydroxyl groups excluding tert-OH is 1. The Morgan fingerprint density at radius 1 is 1.36 bits per heavy atom. The Hall–Kier alpha value is -2.21. The van der Waals surface area contributed by atoms with E-state index in [0.29, 0.717) is 12.3 Å². The van der Waals surface area contributed by atoms with Gasteiger partial charge in [-0.1, -0.05) is 18.2 Å². The van der Waals surface area contributed by atoms with Crippen LogP contribution < -0.4 is 9.47 Å². The van der Waals surface area contributed by atoms with Crippen LogP contribution >= 0.6 is 0 Å². The normalized spacial score (nSPS) is 36.5. The third kappa shape index (κ3) is 1.66. The van der Waals surface area contributed by atoms with Crippen LogP contribution in [-0.4, -0.2) is 55.1 Å². The molecule has 1 spiro atoms. The summed E-state index contributed by atoms with van der Waals surface area (Å²) in [5.74, 6) is 1.58. The van der Waals surface area contributed by atoms with Crippen molar-refractivity contribution in [3.63, 3.8) is 0 Å². The Labute approximate surface area is 146 Å². The van der Waals surface area contributed by atoms with Crippen molar-refractivity contribution in [2.45, 2.75) is 36.5 Å². The number of nitrogens with zero attached hydrogens (tertiary/aromatic N) is 1. The molecule has 6 nitrogen and oxygen atoms in total. The maximum Gasteiger partial charge on any atom is 0.409 e. The van der Waals surface area contributed by atoms with Gasteiger partial charge in [-0.15, -0.1) is 0 Å². The number of aliphatic hydroxyl groups is 1. The zero-order valence-electron chi connectivity index (χ0n) is 14.3. The number of carbonyl (C=O) groups excluding carboxylic acids is 1. The van der Waals surface area contributed by atoms with Crippen LogP contribution in [0, 0.1) is 5.92 Å². The molecule has 1 aromatic carbocycles. The first-order valence-electron chi connectivity index (χ1n) is 8.69. The highest BCUT2D eigenvalue weighted by atomic mass is 16.5. The number of ether oxygens (including phenoxy) is 3. The van der Waals surface area contributed by atoms with Crippen LogP contribution in [0.15, 0.2) is 24.3 Å². The lowest BCUT2D eigenvalue weighted by Crippen LogP contribution is -2.66. The molecule has 6 heteroatoms. The quantitative estimate of drug-likeness (QED) is 0.785. The van der Waals surface area contributed by atoms with Crippen LogP contribution in [0.4, 0.5) is 4.79 Å². The number of rotatable bonds is 1. The number of hydrogen-bond donors (Lipinski definition) is 1. The molecule has 1 amide bonds. The van der Waals surface area contributed by atoms with Gasteiger partial charge >= 0.3 is 6.09 Å². The first-order chi connectivity index (χ1) is 12.1. The molecule has 2 aliphatic carbocycles. The van der Waals surface area contributed by atoms with E-state index >= 15 is 0 Å². The topological polar surface area (TPSA) is 68.2 Å². The van der Waals surface area contributed by atoms with E-state index in [1.807, 2.05) is 17.0 Å². The highest BCUT2D eigenvalue weighted by Crippen LogP contribution is 2.62. The molecule has 2 bridgehead atoms. The van der Waals surface area contributed by atoms with Gasteiger partial charge in [0, 0.05) is 29.5 Å². The molecule has 1 aromatic rings. The van der Waals surface area contributed by atoms with Crippen LogP contribution in [0.1, 0.15) is 17.5 Å². The van der Waals surface area contributed by atoms with Gasteiger partial charge in [0.05, 0.1) is 14.2 Å². The van der Waals surface area contributed by atoms with Crippen molar-refractivity contribution < 1.29 is 24.1 Å². The average Bonchev–Trinajstić information content (AvgIpc) is 2.97. The van der Waals surface area contributed by atoms with E-state index in [9.17, 15) is 9.90 Å². The largest absolute Gasteiger partial charge is 0.493 e. The van der Waals surface area contributed by atoms with Gasteiger partial charge in [-0.3, -0.25) is 0 Å². The predicted molar refractivity (Wildman–Crippen MR) is 88.9 cm³/mol. The molecule has 2 aliphatic heterocycles. The van der Waals surface area contributed by atoms with E-state index in [4.69, 9.17) is 14.2 Å². The molecule has 25 heavy (non-hydrogen) atoms. The molecule has 5 rings (SSSR count). The molecular weight excluding hydrogens is 322 g/mol. The van der Waals surface area contributed by atoms with Gasteiger partial charge in [-0.05, 0) is 24.5 Å². The van der Waals surface area contributed by atoms with Crippen LogP contribution in [0.5, 0.6) is 11.5 Å². The molecule has 132 valence electrons. The van der Waals surface area contributed by atoms with Gasteiger partial charge < -0.3 is 24.2 Å². The minimum absolute atomic E-state index is 0.0166. The molecule has 1 fully saturated rings. The van der Waals surface area contributed by atoms with Crippen molar-refractivity contribution in [2.75, 3.05) is 20.8 Å². The van der Waals surface area contributed by atoms with Gasteiger partial charge in [0.2, 0.25) is 0 Å². The fourth-order valence-electron chi connectivity index (χ4n) is 5.55. The summed E-state index contributed by atoms with van der Waals surface area (Å²) in [5, 5.41) is 10.6. The first kappa shape index (κ1) is 15.1. The number of piperidine rings is 1. The molecule has 1 N–H and O–H groups in total. The molecule has 4 aliphatic rings. The van der Waals surface area contributed by atoms with Crippen LogP contribution in [-0.2, 0) is 16.6 Å². The van der Waals surface area contributed by atoms with Gasteiger partial charge in [0.15, 0.2) is 11.5 Å². The zero-order valence-corrected chi connectivity index (χ0v) is 14.3. The van der Waals surface area contributed by atoms with E-state index < -0.39 is 6.10 Å². The fraction of sp³-hybridized carbons (Fsp3) is 0.526. The van der Waals surface area contributed by atoms with E-state index in [1.54, 1.807) is 7.11 Å². The summed E-state index contributed by atoms with van der Waals surface area (Å²) in [6.45, 7) is 0.602. The number of hydrogen-bond acceptors (Lipinski definition) is 5. The highest BCUT2D eigenvalue weighted by Gasteiger charge is 2.65. The zero-order chi connectivity index (χ0) is 17.3.